The third-order valence-electron chi connectivity index (χ3n) is 3.22. The van der Waals surface area contributed by atoms with Crippen LogP contribution in [0.1, 0.15) is 12.5 Å². The van der Waals surface area contributed by atoms with Gasteiger partial charge in [0.2, 0.25) is 5.88 Å². The number of pyridine rings is 1. The van der Waals surface area contributed by atoms with Gasteiger partial charge in [0.05, 0.1) is 32.7 Å². The van der Waals surface area contributed by atoms with E-state index in [1.165, 1.54) is 13.3 Å². The van der Waals surface area contributed by atoms with Crippen molar-refractivity contribution in [2.24, 2.45) is 0 Å². The highest BCUT2D eigenvalue weighted by Crippen LogP contribution is 2.15. The maximum atomic E-state index is 12.1. The molecule has 6 heteroatoms. The topological polar surface area (TPSA) is 69.7 Å². The Morgan fingerprint density at radius 2 is 2.04 bits per heavy atom. The Morgan fingerprint density at radius 3 is 2.70 bits per heavy atom. The maximum Gasteiger partial charge on any atom is 0.253 e. The molecule has 0 fully saturated rings. The standard InChI is InChI=1S/C17H20N2O4/c1-12(23-11-13-5-4-6-15(9-13)21-2)17(20)19-14-7-8-16(22-3)18-10-14/h4-10,12H,11H2,1-3H3,(H,19,20)/t12-/m0/s1. The Balaban J connectivity index is 1.86. The number of nitrogens with one attached hydrogen (secondary N) is 1. The predicted molar refractivity (Wildman–Crippen MR) is 86.7 cm³/mol. The van der Waals surface area contributed by atoms with E-state index in [1.54, 1.807) is 26.2 Å². The molecule has 0 radical (unpaired) electrons. The molecule has 0 aliphatic rings. The van der Waals surface area contributed by atoms with Crippen LogP contribution in [-0.4, -0.2) is 31.2 Å². The van der Waals surface area contributed by atoms with E-state index in [4.69, 9.17) is 14.2 Å². The summed E-state index contributed by atoms with van der Waals surface area (Å²) in [5, 5.41) is 2.75. The molecule has 23 heavy (non-hydrogen) atoms. The molecule has 1 heterocycles. The van der Waals surface area contributed by atoms with E-state index in [9.17, 15) is 4.79 Å². The molecule has 6 nitrogen and oxygen atoms in total. The second kappa shape index (κ2) is 8.14. The molecule has 0 saturated carbocycles. The normalized spacial score (nSPS) is 11.6. The average molecular weight is 316 g/mol. The van der Waals surface area contributed by atoms with Gasteiger partial charge in [0.15, 0.2) is 0 Å². The van der Waals surface area contributed by atoms with E-state index in [0.29, 0.717) is 18.2 Å². The maximum absolute atomic E-state index is 12.1. The highest BCUT2D eigenvalue weighted by molar-refractivity contribution is 5.93. The first-order valence-corrected chi connectivity index (χ1v) is 7.18. The first kappa shape index (κ1) is 16.8. The van der Waals surface area contributed by atoms with Crippen molar-refractivity contribution in [3.63, 3.8) is 0 Å². The number of aromatic nitrogens is 1. The van der Waals surface area contributed by atoms with Gasteiger partial charge in [0, 0.05) is 6.07 Å². The number of anilines is 1. The van der Waals surface area contributed by atoms with Crippen LogP contribution in [0, 0.1) is 0 Å². The number of amides is 1. The van der Waals surface area contributed by atoms with Crippen LogP contribution in [0.25, 0.3) is 0 Å². The van der Waals surface area contributed by atoms with Gasteiger partial charge < -0.3 is 19.5 Å². The van der Waals surface area contributed by atoms with E-state index in [-0.39, 0.29) is 5.91 Å². The van der Waals surface area contributed by atoms with Gasteiger partial charge in [-0.2, -0.15) is 0 Å². The second-order valence-corrected chi connectivity index (χ2v) is 4.88. The summed E-state index contributed by atoms with van der Waals surface area (Å²) in [6.07, 6.45) is 0.939. The molecule has 1 amide bonds. The van der Waals surface area contributed by atoms with Crippen LogP contribution >= 0.6 is 0 Å². The highest BCUT2D eigenvalue weighted by Gasteiger charge is 2.14. The molecule has 0 aliphatic carbocycles. The molecule has 1 aromatic heterocycles. The molecular weight excluding hydrogens is 296 g/mol. The molecule has 1 N–H and O–H groups in total. The molecule has 2 aromatic rings. The van der Waals surface area contributed by atoms with Gasteiger partial charge in [-0.05, 0) is 30.7 Å². The Labute approximate surface area is 135 Å². The molecule has 2 rings (SSSR count). The lowest BCUT2D eigenvalue weighted by molar-refractivity contribution is -0.127. The monoisotopic (exact) mass is 316 g/mol. The van der Waals surface area contributed by atoms with Crippen LogP contribution in [-0.2, 0) is 16.1 Å². The van der Waals surface area contributed by atoms with Crippen molar-refractivity contribution >= 4 is 11.6 Å². The van der Waals surface area contributed by atoms with E-state index in [1.807, 2.05) is 24.3 Å². The summed E-state index contributed by atoms with van der Waals surface area (Å²) < 4.78 is 15.7. The number of hydrogen-bond donors (Lipinski definition) is 1. The lowest BCUT2D eigenvalue weighted by Gasteiger charge is -2.14. The summed E-state index contributed by atoms with van der Waals surface area (Å²) in [6.45, 7) is 2.03. The van der Waals surface area contributed by atoms with Crippen LogP contribution in [0.4, 0.5) is 5.69 Å². The Bertz CT molecular complexity index is 643. The third kappa shape index (κ3) is 4.96. The van der Waals surface area contributed by atoms with Crippen molar-refractivity contribution in [3.05, 3.63) is 48.2 Å². The Kier molecular flexibility index (Phi) is 5.94. The van der Waals surface area contributed by atoms with Crippen molar-refractivity contribution in [1.82, 2.24) is 4.98 Å². The van der Waals surface area contributed by atoms with E-state index < -0.39 is 6.10 Å². The van der Waals surface area contributed by atoms with Crippen molar-refractivity contribution in [2.45, 2.75) is 19.6 Å². The van der Waals surface area contributed by atoms with Crippen molar-refractivity contribution < 1.29 is 19.0 Å². The minimum Gasteiger partial charge on any atom is -0.497 e. The summed E-state index contributed by atoms with van der Waals surface area (Å²) in [7, 11) is 3.15. The van der Waals surface area contributed by atoms with Gasteiger partial charge >= 0.3 is 0 Å². The largest absolute Gasteiger partial charge is 0.497 e. The fourth-order valence-electron chi connectivity index (χ4n) is 1.88. The Morgan fingerprint density at radius 1 is 1.22 bits per heavy atom. The van der Waals surface area contributed by atoms with E-state index in [2.05, 4.69) is 10.3 Å². The molecule has 0 spiro atoms. The van der Waals surface area contributed by atoms with Crippen LogP contribution in [0.15, 0.2) is 42.6 Å². The number of methoxy groups -OCH3 is 2. The van der Waals surface area contributed by atoms with Crippen molar-refractivity contribution in [3.8, 4) is 11.6 Å². The summed E-state index contributed by atoms with van der Waals surface area (Å²) in [6, 6.07) is 10.9. The fourth-order valence-corrected chi connectivity index (χ4v) is 1.88. The zero-order valence-electron chi connectivity index (χ0n) is 13.4. The number of nitrogens with zero attached hydrogens (tertiary/aromatic N) is 1. The Hall–Kier alpha value is -2.60. The molecule has 0 bridgehead atoms. The number of benzene rings is 1. The molecule has 1 aromatic carbocycles. The number of hydrogen-bond acceptors (Lipinski definition) is 5. The molecular formula is C17H20N2O4. The van der Waals surface area contributed by atoms with Gasteiger partial charge in [-0.25, -0.2) is 4.98 Å². The second-order valence-electron chi connectivity index (χ2n) is 4.88. The number of ether oxygens (including phenoxy) is 3. The van der Waals surface area contributed by atoms with Gasteiger partial charge in [0.1, 0.15) is 11.9 Å². The summed E-state index contributed by atoms with van der Waals surface area (Å²) in [5.41, 5.74) is 1.53. The quantitative estimate of drug-likeness (QED) is 0.850. The minimum absolute atomic E-state index is 0.236. The fraction of sp³-hybridized carbons (Fsp3) is 0.294. The molecule has 1 atom stereocenters. The molecule has 0 aliphatic heterocycles. The number of carbonyl (C=O) groups excluding carboxylic acids is 1. The van der Waals surface area contributed by atoms with Crippen molar-refractivity contribution in [2.75, 3.05) is 19.5 Å². The summed E-state index contributed by atoms with van der Waals surface area (Å²) in [5.74, 6) is 1.01. The summed E-state index contributed by atoms with van der Waals surface area (Å²) >= 11 is 0. The van der Waals surface area contributed by atoms with E-state index >= 15 is 0 Å². The minimum atomic E-state index is -0.594. The van der Waals surface area contributed by atoms with Gasteiger partial charge in [0.25, 0.3) is 5.91 Å². The van der Waals surface area contributed by atoms with Gasteiger partial charge in [-0.15, -0.1) is 0 Å². The molecule has 0 unspecified atom stereocenters. The zero-order chi connectivity index (χ0) is 16.7. The van der Waals surface area contributed by atoms with E-state index in [0.717, 1.165) is 11.3 Å². The third-order valence-corrected chi connectivity index (χ3v) is 3.22. The van der Waals surface area contributed by atoms with Crippen LogP contribution in [0.5, 0.6) is 11.6 Å². The lowest BCUT2D eigenvalue weighted by atomic mass is 10.2. The van der Waals surface area contributed by atoms with Gasteiger partial charge in [-0.1, -0.05) is 12.1 Å². The average Bonchev–Trinajstić information content (AvgIpc) is 2.60. The molecule has 0 saturated heterocycles. The summed E-state index contributed by atoms with van der Waals surface area (Å²) in [4.78, 5) is 16.1. The SMILES string of the molecule is COc1cccc(CO[C@@H](C)C(=O)Nc2ccc(OC)nc2)c1. The van der Waals surface area contributed by atoms with Crippen LogP contribution in [0.3, 0.4) is 0 Å². The molecule has 122 valence electrons. The van der Waals surface area contributed by atoms with Crippen LogP contribution in [0.2, 0.25) is 0 Å². The smallest absolute Gasteiger partial charge is 0.253 e. The first-order valence-electron chi connectivity index (χ1n) is 7.18. The zero-order valence-corrected chi connectivity index (χ0v) is 13.4. The number of carbonyl (C=O) groups is 1. The van der Waals surface area contributed by atoms with Crippen molar-refractivity contribution in [1.29, 1.82) is 0 Å². The lowest BCUT2D eigenvalue weighted by Crippen LogP contribution is -2.27. The number of rotatable bonds is 7. The highest BCUT2D eigenvalue weighted by atomic mass is 16.5. The predicted octanol–water partition coefficient (Wildman–Crippen LogP) is 2.64. The van der Waals surface area contributed by atoms with Crippen LogP contribution < -0.4 is 14.8 Å². The van der Waals surface area contributed by atoms with Gasteiger partial charge in [-0.3, -0.25) is 4.79 Å². The first-order chi connectivity index (χ1) is 11.1.